The number of aromatic nitrogens is 5. The Balaban J connectivity index is 1.46. The van der Waals surface area contributed by atoms with E-state index in [-0.39, 0.29) is 0 Å². The quantitative estimate of drug-likeness (QED) is 0.256. The van der Waals surface area contributed by atoms with Crippen LogP contribution in [0.1, 0.15) is 0 Å². The highest BCUT2D eigenvalue weighted by atomic mass is 15.3. The molecule has 0 amide bonds. The molecule has 5 heteroatoms. The van der Waals surface area contributed by atoms with Gasteiger partial charge in [-0.25, -0.2) is 19.5 Å². The van der Waals surface area contributed by atoms with Gasteiger partial charge in [0, 0.05) is 10.9 Å². The van der Waals surface area contributed by atoms with Crippen LogP contribution in [0.15, 0.2) is 127 Å². The first-order chi connectivity index (χ1) is 18.8. The lowest BCUT2D eigenvalue weighted by atomic mass is 10.1. The van der Waals surface area contributed by atoms with E-state index >= 15 is 0 Å². The Morgan fingerprint density at radius 1 is 0.447 bits per heavy atom. The van der Waals surface area contributed by atoms with Crippen molar-refractivity contribution < 1.29 is 0 Å². The van der Waals surface area contributed by atoms with Crippen molar-refractivity contribution >= 4 is 38.7 Å². The molecular formula is C33H21N5. The number of benzene rings is 5. The zero-order valence-corrected chi connectivity index (χ0v) is 20.4. The molecule has 0 N–H and O–H groups in total. The smallest absolute Gasteiger partial charge is 0.238 e. The minimum absolute atomic E-state index is 0.604. The fraction of sp³-hybridized carbons (Fsp3) is 0. The van der Waals surface area contributed by atoms with Gasteiger partial charge in [0.2, 0.25) is 11.7 Å². The minimum Gasteiger partial charge on any atom is -0.276 e. The second kappa shape index (κ2) is 8.11. The second-order valence-corrected chi connectivity index (χ2v) is 9.40. The number of para-hydroxylation sites is 3. The molecule has 0 bridgehead atoms. The van der Waals surface area contributed by atoms with Gasteiger partial charge >= 0.3 is 0 Å². The number of rotatable bonds is 3. The summed E-state index contributed by atoms with van der Waals surface area (Å²) in [7, 11) is 0. The molecule has 5 aromatic carbocycles. The predicted molar refractivity (Wildman–Crippen MR) is 153 cm³/mol. The van der Waals surface area contributed by atoms with Crippen molar-refractivity contribution in [3.8, 4) is 28.3 Å². The Labute approximate surface area is 218 Å². The molecule has 38 heavy (non-hydrogen) atoms. The molecule has 0 saturated carbocycles. The summed E-state index contributed by atoms with van der Waals surface area (Å²) in [6.45, 7) is 0. The van der Waals surface area contributed by atoms with Crippen molar-refractivity contribution in [2.75, 3.05) is 0 Å². The summed E-state index contributed by atoms with van der Waals surface area (Å²) in [6.07, 6.45) is 0. The molecule has 0 spiro atoms. The zero-order chi connectivity index (χ0) is 25.1. The van der Waals surface area contributed by atoms with Gasteiger partial charge < -0.3 is 0 Å². The molecule has 0 unspecified atom stereocenters. The van der Waals surface area contributed by atoms with Gasteiger partial charge in [0.1, 0.15) is 0 Å². The maximum Gasteiger partial charge on any atom is 0.238 e. The summed E-state index contributed by atoms with van der Waals surface area (Å²) in [5.74, 6) is 1.40. The van der Waals surface area contributed by atoms with Crippen LogP contribution in [0.4, 0.5) is 0 Å². The van der Waals surface area contributed by atoms with Gasteiger partial charge in [0.25, 0.3) is 0 Å². The van der Waals surface area contributed by atoms with Crippen LogP contribution in [-0.4, -0.2) is 23.9 Å². The van der Waals surface area contributed by atoms with E-state index in [4.69, 9.17) is 15.0 Å². The van der Waals surface area contributed by atoms with E-state index in [1.165, 1.54) is 5.56 Å². The number of nitrogens with zero attached hydrogens (tertiary/aromatic N) is 5. The predicted octanol–water partition coefficient (Wildman–Crippen LogP) is 7.71. The van der Waals surface area contributed by atoms with Gasteiger partial charge in [-0.3, -0.25) is 4.40 Å². The summed E-state index contributed by atoms with van der Waals surface area (Å²) in [5.41, 5.74) is 9.26. The van der Waals surface area contributed by atoms with Gasteiger partial charge in [-0.05, 0) is 41.5 Å². The topological polar surface area (TPSA) is 48.0 Å². The molecule has 0 aliphatic rings. The Kier molecular flexibility index (Phi) is 4.45. The first kappa shape index (κ1) is 20.9. The minimum atomic E-state index is 0.604. The molecule has 0 aliphatic carbocycles. The van der Waals surface area contributed by atoms with Crippen LogP contribution >= 0.6 is 0 Å². The average molecular weight is 488 g/mol. The van der Waals surface area contributed by atoms with Crippen molar-refractivity contribution in [1.82, 2.24) is 23.9 Å². The molecule has 3 aromatic heterocycles. The maximum atomic E-state index is 5.15. The molecule has 3 heterocycles. The summed E-state index contributed by atoms with van der Waals surface area (Å²) < 4.78 is 4.30. The van der Waals surface area contributed by atoms with Gasteiger partial charge in [-0.1, -0.05) is 97.1 Å². The van der Waals surface area contributed by atoms with Crippen molar-refractivity contribution in [3.63, 3.8) is 0 Å². The molecular weight excluding hydrogens is 466 g/mol. The molecule has 178 valence electrons. The maximum absolute atomic E-state index is 5.15. The van der Waals surface area contributed by atoms with Crippen molar-refractivity contribution in [3.05, 3.63) is 127 Å². The standard InChI is InChI=1S/C33H21N5/c1-3-11-22(12-4-1)24-19-20-27-30(21-24)37-28-17-9-10-18-29(28)38(33(37)35-27)32-34-26-16-8-7-15-25(26)31(36-32)23-13-5-2-6-14-23/h1-21H. The number of fused-ring (bicyclic) bond motifs is 6. The van der Waals surface area contributed by atoms with Gasteiger partial charge in [-0.15, -0.1) is 0 Å². The fourth-order valence-electron chi connectivity index (χ4n) is 5.39. The van der Waals surface area contributed by atoms with Crippen LogP contribution in [0, 0.1) is 0 Å². The Morgan fingerprint density at radius 2 is 1.13 bits per heavy atom. The van der Waals surface area contributed by atoms with Gasteiger partial charge in [-0.2, -0.15) is 0 Å². The summed E-state index contributed by atoms with van der Waals surface area (Å²) >= 11 is 0. The Hall–Kier alpha value is -5.29. The van der Waals surface area contributed by atoms with Crippen molar-refractivity contribution in [2.45, 2.75) is 0 Å². The summed E-state index contributed by atoms with van der Waals surface area (Å²) in [6, 6.07) is 43.7. The third kappa shape index (κ3) is 3.09. The second-order valence-electron chi connectivity index (χ2n) is 9.40. The van der Waals surface area contributed by atoms with E-state index in [9.17, 15) is 0 Å². The van der Waals surface area contributed by atoms with Gasteiger partial charge in [0.05, 0.1) is 33.3 Å². The average Bonchev–Trinajstić information content (AvgIpc) is 3.51. The van der Waals surface area contributed by atoms with Crippen LogP contribution in [0.3, 0.4) is 0 Å². The lowest BCUT2D eigenvalue weighted by Gasteiger charge is -2.10. The molecule has 0 atom stereocenters. The fourth-order valence-corrected chi connectivity index (χ4v) is 5.39. The molecule has 0 aliphatic heterocycles. The Bertz CT molecular complexity index is 2120. The van der Waals surface area contributed by atoms with E-state index in [1.54, 1.807) is 0 Å². The van der Waals surface area contributed by atoms with E-state index < -0.39 is 0 Å². The zero-order valence-electron chi connectivity index (χ0n) is 20.4. The van der Waals surface area contributed by atoms with Crippen LogP contribution in [0.25, 0.3) is 67.1 Å². The number of imidazole rings is 2. The van der Waals surface area contributed by atoms with Crippen LogP contribution < -0.4 is 0 Å². The van der Waals surface area contributed by atoms with Crippen LogP contribution in [0.2, 0.25) is 0 Å². The third-order valence-electron chi connectivity index (χ3n) is 7.15. The van der Waals surface area contributed by atoms with Crippen molar-refractivity contribution in [2.24, 2.45) is 0 Å². The molecule has 8 aromatic rings. The lowest BCUT2D eigenvalue weighted by Crippen LogP contribution is -2.04. The first-order valence-electron chi connectivity index (χ1n) is 12.6. The Morgan fingerprint density at radius 3 is 1.95 bits per heavy atom. The van der Waals surface area contributed by atoms with Gasteiger partial charge in [0.15, 0.2) is 0 Å². The molecule has 0 saturated heterocycles. The largest absolute Gasteiger partial charge is 0.276 e. The SMILES string of the molecule is c1ccc(-c2ccc3nc4n(-c5nc(-c6ccccc6)c6ccccc6n5)c5ccccc5n4c3c2)cc1. The molecule has 0 fully saturated rings. The van der Waals surface area contributed by atoms with E-state index in [0.717, 1.165) is 55.6 Å². The van der Waals surface area contributed by atoms with Crippen molar-refractivity contribution in [1.29, 1.82) is 0 Å². The van der Waals surface area contributed by atoms with Crippen LogP contribution in [-0.2, 0) is 0 Å². The van der Waals surface area contributed by atoms with E-state index in [0.29, 0.717) is 5.95 Å². The monoisotopic (exact) mass is 487 g/mol. The normalized spacial score (nSPS) is 11.7. The highest BCUT2D eigenvalue weighted by Gasteiger charge is 2.20. The highest BCUT2D eigenvalue weighted by molar-refractivity contribution is 5.95. The van der Waals surface area contributed by atoms with E-state index in [1.807, 2.05) is 42.5 Å². The summed E-state index contributed by atoms with van der Waals surface area (Å²) in [4.78, 5) is 15.3. The third-order valence-corrected chi connectivity index (χ3v) is 7.15. The first-order valence-corrected chi connectivity index (χ1v) is 12.6. The van der Waals surface area contributed by atoms with E-state index in [2.05, 4.69) is 93.9 Å². The van der Waals surface area contributed by atoms with Crippen LogP contribution in [0.5, 0.6) is 0 Å². The number of hydrogen-bond donors (Lipinski definition) is 0. The molecule has 8 rings (SSSR count). The lowest BCUT2D eigenvalue weighted by molar-refractivity contribution is 0.986. The summed E-state index contributed by atoms with van der Waals surface area (Å²) in [5, 5.41) is 1.02. The highest BCUT2D eigenvalue weighted by Crippen LogP contribution is 2.33. The molecule has 5 nitrogen and oxygen atoms in total. The molecule has 0 radical (unpaired) electrons. The number of hydrogen-bond acceptors (Lipinski definition) is 3.